The van der Waals surface area contributed by atoms with Crippen molar-refractivity contribution in [1.29, 1.82) is 0 Å². The molecule has 0 aliphatic carbocycles. The van der Waals surface area contributed by atoms with E-state index in [4.69, 9.17) is 5.10 Å². The highest BCUT2D eigenvalue weighted by Gasteiger charge is 2.21. The zero-order chi connectivity index (χ0) is 16.5. The highest BCUT2D eigenvalue weighted by molar-refractivity contribution is 5.51. The van der Waals surface area contributed by atoms with Gasteiger partial charge < -0.3 is 9.88 Å². The fourth-order valence-corrected chi connectivity index (χ4v) is 3.49. The Kier molecular flexibility index (Phi) is 3.93. The predicted octanol–water partition coefficient (Wildman–Crippen LogP) is 1.97. The fraction of sp³-hybridized carbons (Fsp3) is 0.471. The van der Waals surface area contributed by atoms with E-state index < -0.39 is 0 Å². The maximum Gasteiger partial charge on any atom is 0.161 e. The van der Waals surface area contributed by atoms with Gasteiger partial charge in [-0.05, 0) is 31.5 Å². The van der Waals surface area contributed by atoms with Crippen molar-refractivity contribution in [2.24, 2.45) is 7.05 Å². The van der Waals surface area contributed by atoms with E-state index in [9.17, 15) is 0 Å². The molecule has 0 bridgehead atoms. The third-order valence-corrected chi connectivity index (χ3v) is 4.71. The van der Waals surface area contributed by atoms with Crippen LogP contribution in [0.15, 0.2) is 30.7 Å². The maximum atomic E-state index is 4.81. The second-order valence-corrected chi connectivity index (χ2v) is 6.24. The molecule has 1 aliphatic heterocycles. The zero-order valence-electron chi connectivity index (χ0n) is 14.2. The van der Waals surface area contributed by atoms with Crippen LogP contribution in [0.1, 0.15) is 37.2 Å². The summed E-state index contributed by atoms with van der Waals surface area (Å²) < 4.78 is 6.26. The third-order valence-electron chi connectivity index (χ3n) is 4.71. The molecule has 0 spiro atoms. The zero-order valence-corrected chi connectivity index (χ0v) is 14.2. The molecule has 0 unspecified atom stereocenters. The second-order valence-electron chi connectivity index (χ2n) is 6.24. The molecular formula is C17H23N7. The van der Waals surface area contributed by atoms with Crippen molar-refractivity contribution in [3.8, 4) is 11.5 Å². The van der Waals surface area contributed by atoms with E-state index in [2.05, 4.69) is 43.7 Å². The summed E-state index contributed by atoms with van der Waals surface area (Å²) in [5, 5.41) is 12.6. The summed E-state index contributed by atoms with van der Waals surface area (Å²) in [6.45, 7) is 5.06. The molecule has 4 rings (SSSR count). The molecule has 1 atom stereocenters. The lowest BCUT2D eigenvalue weighted by molar-refractivity contribution is 0.521. The van der Waals surface area contributed by atoms with Crippen molar-refractivity contribution in [2.45, 2.75) is 38.9 Å². The van der Waals surface area contributed by atoms with E-state index in [0.29, 0.717) is 0 Å². The standard InChI is InChI=1S/C17H23N7/c1-3-15(16-5-7-20-22(16)2)23-10-8-19-17(23)14-11-13-12-18-6-4-9-24(13)21-14/h5,7-8,10-11,15,18H,3-4,6,9,12H2,1-2H3/t15-/m1/s1. The summed E-state index contributed by atoms with van der Waals surface area (Å²) in [5.41, 5.74) is 3.35. The van der Waals surface area contributed by atoms with Crippen molar-refractivity contribution in [3.63, 3.8) is 0 Å². The number of aryl methyl sites for hydroxylation is 2. The molecule has 0 radical (unpaired) electrons. The first-order chi connectivity index (χ1) is 11.8. The number of nitrogens with one attached hydrogen (secondary N) is 1. The highest BCUT2D eigenvalue weighted by atomic mass is 15.3. The van der Waals surface area contributed by atoms with Crippen LogP contribution in [0.3, 0.4) is 0 Å². The minimum absolute atomic E-state index is 0.203. The number of nitrogens with zero attached hydrogens (tertiary/aromatic N) is 6. The first-order valence-electron chi connectivity index (χ1n) is 8.56. The van der Waals surface area contributed by atoms with Crippen molar-refractivity contribution >= 4 is 0 Å². The molecule has 3 aromatic heterocycles. The van der Waals surface area contributed by atoms with Crippen molar-refractivity contribution < 1.29 is 0 Å². The van der Waals surface area contributed by atoms with Crippen LogP contribution in [0.25, 0.3) is 11.5 Å². The van der Waals surface area contributed by atoms with E-state index in [0.717, 1.165) is 44.0 Å². The lowest BCUT2D eigenvalue weighted by atomic mass is 10.1. The molecular weight excluding hydrogens is 302 g/mol. The Morgan fingerprint density at radius 1 is 1.33 bits per heavy atom. The Bertz CT molecular complexity index is 802. The Labute approximate surface area is 141 Å². The minimum Gasteiger partial charge on any atom is -0.321 e. The Hall–Kier alpha value is -2.41. The van der Waals surface area contributed by atoms with Crippen molar-refractivity contribution in [3.05, 3.63) is 42.1 Å². The molecule has 0 amide bonds. The van der Waals surface area contributed by atoms with Gasteiger partial charge in [0.25, 0.3) is 0 Å². The monoisotopic (exact) mass is 325 g/mol. The molecule has 3 aromatic rings. The van der Waals surface area contributed by atoms with Crippen LogP contribution in [0, 0.1) is 0 Å². The molecule has 1 N–H and O–H groups in total. The fourth-order valence-electron chi connectivity index (χ4n) is 3.49. The van der Waals surface area contributed by atoms with Crippen LogP contribution < -0.4 is 5.32 Å². The summed E-state index contributed by atoms with van der Waals surface area (Å²) in [6.07, 6.45) is 7.82. The minimum atomic E-state index is 0.203. The molecule has 0 aromatic carbocycles. The number of rotatable bonds is 4. The van der Waals surface area contributed by atoms with Crippen LogP contribution in [0.2, 0.25) is 0 Å². The van der Waals surface area contributed by atoms with Crippen molar-refractivity contribution in [2.75, 3.05) is 6.54 Å². The van der Waals surface area contributed by atoms with Gasteiger partial charge in [-0.15, -0.1) is 0 Å². The average Bonchev–Trinajstić information content (AvgIpc) is 3.28. The summed E-state index contributed by atoms with van der Waals surface area (Å²) in [4.78, 5) is 4.60. The quantitative estimate of drug-likeness (QED) is 0.796. The molecule has 126 valence electrons. The van der Waals surface area contributed by atoms with Gasteiger partial charge in [0.1, 0.15) is 5.69 Å². The van der Waals surface area contributed by atoms with Gasteiger partial charge in [-0.25, -0.2) is 4.98 Å². The van der Waals surface area contributed by atoms with Crippen molar-refractivity contribution in [1.82, 2.24) is 34.4 Å². The molecule has 0 saturated heterocycles. The normalized spacial score (nSPS) is 15.9. The lowest BCUT2D eigenvalue weighted by Gasteiger charge is -2.19. The Balaban J connectivity index is 1.74. The first-order valence-corrected chi connectivity index (χ1v) is 8.56. The van der Waals surface area contributed by atoms with Gasteiger partial charge >= 0.3 is 0 Å². The third kappa shape index (κ3) is 2.54. The summed E-state index contributed by atoms with van der Waals surface area (Å²) >= 11 is 0. The average molecular weight is 325 g/mol. The number of hydrogen-bond acceptors (Lipinski definition) is 4. The molecule has 7 heteroatoms. The molecule has 0 saturated carbocycles. The topological polar surface area (TPSA) is 65.5 Å². The van der Waals surface area contributed by atoms with Gasteiger partial charge in [-0.1, -0.05) is 6.92 Å². The van der Waals surface area contributed by atoms with Gasteiger partial charge in [0, 0.05) is 38.7 Å². The van der Waals surface area contributed by atoms with Gasteiger partial charge in [-0.2, -0.15) is 10.2 Å². The Morgan fingerprint density at radius 2 is 2.25 bits per heavy atom. The summed E-state index contributed by atoms with van der Waals surface area (Å²) in [6, 6.07) is 4.44. The Morgan fingerprint density at radius 3 is 3.04 bits per heavy atom. The van der Waals surface area contributed by atoms with E-state index in [1.165, 1.54) is 11.4 Å². The van der Waals surface area contributed by atoms with Crippen LogP contribution in [-0.4, -0.2) is 35.7 Å². The molecule has 4 heterocycles. The van der Waals surface area contributed by atoms with Crippen LogP contribution >= 0.6 is 0 Å². The SMILES string of the molecule is CC[C@H](c1ccnn1C)n1ccnc1-c1cc2n(n1)CCCNC2. The van der Waals surface area contributed by atoms with E-state index in [1.807, 2.05) is 30.3 Å². The van der Waals surface area contributed by atoms with Gasteiger partial charge in [0.05, 0.1) is 17.4 Å². The van der Waals surface area contributed by atoms with E-state index in [-0.39, 0.29) is 6.04 Å². The van der Waals surface area contributed by atoms with Crippen LogP contribution in [-0.2, 0) is 20.1 Å². The van der Waals surface area contributed by atoms with E-state index in [1.54, 1.807) is 0 Å². The number of imidazole rings is 1. The predicted molar refractivity (Wildman–Crippen MR) is 91.4 cm³/mol. The van der Waals surface area contributed by atoms with Gasteiger partial charge in [0.15, 0.2) is 5.82 Å². The van der Waals surface area contributed by atoms with Crippen LogP contribution in [0.5, 0.6) is 0 Å². The van der Waals surface area contributed by atoms with Crippen LogP contribution in [0.4, 0.5) is 0 Å². The largest absolute Gasteiger partial charge is 0.321 e. The maximum absolute atomic E-state index is 4.81. The highest BCUT2D eigenvalue weighted by Crippen LogP contribution is 2.27. The number of aromatic nitrogens is 6. The molecule has 0 fully saturated rings. The molecule has 1 aliphatic rings. The summed E-state index contributed by atoms with van der Waals surface area (Å²) in [7, 11) is 1.99. The number of fused-ring (bicyclic) bond motifs is 1. The van der Waals surface area contributed by atoms with E-state index >= 15 is 0 Å². The summed E-state index contributed by atoms with van der Waals surface area (Å²) in [5.74, 6) is 0.920. The second kappa shape index (κ2) is 6.24. The van der Waals surface area contributed by atoms with Gasteiger partial charge in [0.2, 0.25) is 0 Å². The van der Waals surface area contributed by atoms with Gasteiger partial charge in [-0.3, -0.25) is 9.36 Å². The smallest absolute Gasteiger partial charge is 0.161 e. The molecule has 24 heavy (non-hydrogen) atoms. The number of hydrogen-bond donors (Lipinski definition) is 1. The molecule has 7 nitrogen and oxygen atoms in total. The first kappa shape index (κ1) is 15.1. The lowest BCUT2D eigenvalue weighted by Crippen LogP contribution is -2.14.